The smallest absolute Gasteiger partial charge is 0.241 e. The molecule has 2 aromatic carbocycles. The van der Waals surface area contributed by atoms with Gasteiger partial charge in [0, 0.05) is 22.6 Å². The first-order chi connectivity index (χ1) is 12.8. The summed E-state index contributed by atoms with van der Waals surface area (Å²) in [6.45, 7) is 3.17. The fraction of sp³-hybridized carbons (Fsp3) is 0.150. The molecule has 0 saturated carbocycles. The Balaban J connectivity index is 1.89. The Morgan fingerprint density at radius 2 is 2.07 bits per heavy atom. The van der Waals surface area contributed by atoms with Crippen molar-refractivity contribution in [3.63, 3.8) is 0 Å². The molecule has 0 bridgehead atoms. The third-order valence-electron chi connectivity index (χ3n) is 4.13. The Labute approximate surface area is 166 Å². The third-order valence-corrected chi connectivity index (χ3v) is 6.82. The van der Waals surface area contributed by atoms with Gasteiger partial charge >= 0.3 is 0 Å². The molecule has 4 nitrogen and oxygen atoms in total. The summed E-state index contributed by atoms with van der Waals surface area (Å²) in [5.41, 5.74) is 1.31. The first-order valence-corrected chi connectivity index (χ1v) is 11.7. The van der Waals surface area contributed by atoms with Crippen LogP contribution >= 0.6 is 30.3 Å². The summed E-state index contributed by atoms with van der Waals surface area (Å²) in [6.07, 6.45) is 3.16. The SMILES string of the molecule is Cc1ccc2scc(C(C(=O)N/C=C/c3cccc(Cl)c3)P(C)(=O)O)c2c1. The molecule has 27 heavy (non-hydrogen) atoms. The minimum Gasteiger partial charge on any atom is -0.344 e. The summed E-state index contributed by atoms with van der Waals surface area (Å²) in [4.78, 5) is 23.0. The number of thiophene rings is 1. The van der Waals surface area contributed by atoms with E-state index in [0.29, 0.717) is 10.6 Å². The summed E-state index contributed by atoms with van der Waals surface area (Å²) >= 11 is 7.40. The van der Waals surface area contributed by atoms with Crippen LogP contribution in [0.25, 0.3) is 16.2 Å². The van der Waals surface area contributed by atoms with Gasteiger partial charge in [-0.05, 0) is 53.1 Å². The average Bonchev–Trinajstić information content (AvgIpc) is 2.96. The van der Waals surface area contributed by atoms with Crippen molar-refractivity contribution in [3.05, 3.63) is 75.8 Å². The second-order valence-electron chi connectivity index (χ2n) is 6.43. The molecule has 2 N–H and O–H groups in total. The predicted octanol–water partition coefficient (Wildman–Crippen LogP) is 5.59. The molecule has 0 radical (unpaired) electrons. The number of hydrogen-bond donors (Lipinski definition) is 2. The Bertz CT molecular complexity index is 1070. The molecule has 0 aliphatic carbocycles. The summed E-state index contributed by atoms with van der Waals surface area (Å²) in [6, 6.07) is 13.1. The summed E-state index contributed by atoms with van der Waals surface area (Å²) < 4.78 is 13.5. The molecule has 1 aromatic heterocycles. The molecule has 0 fully saturated rings. The van der Waals surface area contributed by atoms with E-state index in [1.165, 1.54) is 24.2 Å². The maximum absolute atomic E-state index is 12.8. The van der Waals surface area contributed by atoms with Crippen LogP contribution in [0, 0.1) is 6.92 Å². The van der Waals surface area contributed by atoms with Gasteiger partial charge in [-0.3, -0.25) is 9.36 Å². The van der Waals surface area contributed by atoms with Crippen molar-refractivity contribution in [2.24, 2.45) is 0 Å². The van der Waals surface area contributed by atoms with E-state index in [0.717, 1.165) is 21.2 Å². The number of fused-ring (bicyclic) bond motifs is 1. The summed E-state index contributed by atoms with van der Waals surface area (Å²) in [7, 11) is -3.72. The van der Waals surface area contributed by atoms with Crippen LogP contribution in [-0.2, 0) is 9.36 Å². The number of halogens is 1. The van der Waals surface area contributed by atoms with E-state index in [9.17, 15) is 14.3 Å². The largest absolute Gasteiger partial charge is 0.344 e. The molecule has 0 spiro atoms. The minimum atomic E-state index is -3.72. The molecular weight excluding hydrogens is 401 g/mol. The average molecular weight is 420 g/mol. The number of nitrogens with one attached hydrogen (secondary N) is 1. The molecule has 140 valence electrons. The Morgan fingerprint density at radius 3 is 2.78 bits per heavy atom. The second-order valence-corrected chi connectivity index (χ2v) is 10.2. The highest BCUT2D eigenvalue weighted by Gasteiger charge is 2.35. The number of hydrogen-bond acceptors (Lipinski definition) is 3. The quantitative estimate of drug-likeness (QED) is 0.529. The molecule has 2 unspecified atom stereocenters. The first kappa shape index (κ1) is 19.8. The molecular formula is C20H19ClNO3PS. The van der Waals surface area contributed by atoms with Crippen molar-refractivity contribution in [3.8, 4) is 0 Å². The van der Waals surface area contributed by atoms with Gasteiger partial charge in [0.15, 0.2) is 0 Å². The van der Waals surface area contributed by atoms with Crippen molar-refractivity contribution in [2.45, 2.75) is 12.6 Å². The van der Waals surface area contributed by atoms with Crippen LogP contribution in [0.15, 0.2) is 54.0 Å². The van der Waals surface area contributed by atoms with E-state index in [2.05, 4.69) is 5.32 Å². The fourth-order valence-electron chi connectivity index (χ4n) is 2.90. The second kappa shape index (κ2) is 7.99. The monoisotopic (exact) mass is 419 g/mol. The number of benzene rings is 2. The molecule has 1 heterocycles. The van der Waals surface area contributed by atoms with Gasteiger partial charge in [-0.25, -0.2) is 0 Å². The van der Waals surface area contributed by atoms with Crippen LogP contribution in [0.5, 0.6) is 0 Å². The zero-order valence-electron chi connectivity index (χ0n) is 14.8. The maximum Gasteiger partial charge on any atom is 0.241 e. The lowest BCUT2D eigenvalue weighted by atomic mass is 10.1. The van der Waals surface area contributed by atoms with Crippen LogP contribution in [-0.4, -0.2) is 17.5 Å². The maximum atomic E-state index is 12.8. The molecule has 0 aliphatic rings. The molecule has 3 aromatic rings. The van der Waals surface area contributed by atoms with Gasteiger partial charge < -0.3 is 10.2 Å². The van der Waals surface area contributed by atoms with Crippen molar-refractivity contribution in [2.75, 3.05) is 6.66 Å². The lowest BCUT2D eigenvalue weighted by molar-refractivity contribution is -0.120. The van der Waals surface area contributed by atoms with E-state index in [-0.39, 0.29) is 0 Å². The van der Waals surface area contributed by atoms with E-state index in [4.69, 9.17) is 11.6 Å². The van der Waals surface area contributed by atoms with Crippen LogP contribution in [0.1, 0.15) is 22.3 Å². The van der Waals surface area contributed by atoms with E-state index >= 15 is 0 Å². The zero-order valence-corrected chi connectivity index (χ0v) is 17.3. The van der Waals surface area contributed by atoms with Gasteiger partial charge in [0.25, 0.3) is 0 Å². The van der Waals surface area contributed by atoms with Gasteiger partial charge in [-0.2, -0.15) is 0 Å². The molecule has 0 aliphatic heterocycles. The highest BCUT2D eigenvalue weighted by Crippen LogP contribution is 2.54. The number of carbonyl (C=O) groups is 1. The number of rotatable bonds is 5. The number of aryl methyl sites for hydroxylation is 1. The molecule has 2 atom stereocenters. The van der Waals surface area contributed by atoms with Crippen molar-refractivity contribution >= 4 is 52.4 Å². The van der Waals surface area contributed by atoms with E-state index in [1.807, 2.05) is 31.2 Å². The van der Waals surface area contributed by atoms with Gasteiger partial charge in [0.05, 0.1) is 0 Å². The predicted molar refractivity (Wildman–Crippen MR) is 114 cm³/mol. The normalized spacial score (nSPS) is 15.0. The van der Waals surface area contributed by atoms with E-state index < -0.39 is 18.9 Å². The Hall–Kier alpha value is -1.91. The van der Waals surface area contributed by atoms with Crippen molar-refractivity contribution < 1.29 is 14.3 Å². The van der Waals surface area contributed by atoms with Crippen LogP contribution in [0.4, 0.5) is 0 Å². The van der Waals surface area contributed by atoms with Crippen LogP contribution in [0.2, 0.25) is 5.02 Å². The van der Waals surface area contributed by atoms with Gasteiger partial charge in [-0.15, -0.1) is 11.3 Å². The lowest BCUT2D eigenvalue weighted by Crippen LogP contribution is -2.25. The highest BCUT2D eigenvalue weighted by atomic mass is 35.5. The first-order valence-electron chi connectivity index (χ1n) is 8.26. The summed E-state index contributed by atoms with van der Waals surface area (Å²) in [5, 5.41) is 5.86. The van der Waals surface area contributed by atoms with Crippen LogP contribution in [0.3, 0.4) is 0 Å². The number of amides is 1. The lowest BCUT2D eigenvalue weighted by Gasteiger charge is -2.18. The zero-order chi connectivity index (χ0) is 19.6. The van der Waals surface area contributed by atoms with Crippen LogP contribution < -0.4 is 5.32 Å². The fourth-order valence-corrected chi connectivity index (χ4v) is 5.41. The van der Waals surface area contributed by atoms with Crippen molar-refractivity contribution in [1.82, 2.24) is 5.32 Å². The Morgan fingerprint density at radius 1 is 1.30 bits per heavy atom. The minimum absolute atomic E-state index is 0.511. The third kappa shape index (κ3) is 4.69. The van der Waals surface area contributed by atoms with E-state index in [1.54, 1.807) is 29.7 Å². The van der Waals surface area contributed by atoms with Gasteiger partial charge in [0.2, 0.25) is 13.3 Å². The van der Waals surface area contributed by atoms with Crippen molar-refractivity contribution in [1.29, 1.82) is 0 Å². The highest BCUT2D eigenvalue weighted by molar-refractivity contribution is 7.58. The standard InChI is InChI=1S/C20H19ClNO3PS/c1-13-6-7-18-16(10-13)17(12-27-18)19(26(2,24)25)20(23)22-9-8-14-4-3-5-15(21)11-14/h3-12,19H,1-2H3,(H,22,23)(H,24,25)/b9-8+. The molecule has 1 amide bonds. The van der Waals surface area contributed by atoms with Gasteiger partial charge in [-0.1, -0.05) is 41.4 Å². The Kier molecular flexibility index (Phi) is 5.87. The number of carbonyl (C=O) groups excluding carboxylic acids is 1. The topological polar surface area (TPSA) is 66.4 Å². The molecule has 0 saturated heterocycles. The van der Waals surface area contributed by atoms with Gasteiger partial charge in [0.1, 0.15) is 5.66 Å². The molecule has 7 heteroatoms. The summed E-state index contributed by atoms with van der Waals surface area (Å²) in [5.74, 6) is -0.511. The molecule has 3 rings (SSSR count).